The number of hydrogen-bond donors (Lipinski definition) is 2. The number of hydrogen-bond acceptors (Lipinski definition) is 4. The van der Waals surface area contributed by atoms with Gasteiger partial charge in [-0.3, -0.25) is 0 Å². The average molecular weight is 276 g/mol. The van der Waals surface area contributed by atoms with Crippen LogP contribution in [0.1, 0.15) is 46.7 Å². The monoisotopic (exact) mass is 276 g/mol. The predicted octanol–water partition coefficient (Wildman–Crippen LogP) is 2.60. The van der Waals surface area contributed by atoms with Crippen molar-refractivity contribution in [3.05, 3.63) is 24.2 Å². The highest BCUT2D eigenvalue weighted by molar-refractivity contribution is 5.69. The van der Waals surface area contributed by atoms with E-state index >= 15 is 0 Å². The first-order valence-corrected chi connectivity index (χ1v) is 7.03. The molecule has 0 saturated carbocycles. The Labute approximate surface area is 120 Å². The van der Waals surface area contributed by atoms with Gasteiger partial charge in [0.1, 0.15) is 5.52 Å². The molecule has 20 heavy (non-hydrogen) atoms. The summed E-state index contributed by atoms with van der Waals surface area (Å²) in [5.74, 6) is 0.758. The zero-order chi connectivity index (χ0) is 15.0. The minimum atomic E-state index is -0.374. The molecule has 0 aliphatic carbocycles. The second kappa shape index (κ2) is 5.05. The number of nitrogens with zero attached hydrogens (tertiary/aromatic N) is 3. The van der Waals surface area contributed by atoms with E-state index in [-0.39, 0.29) is 17.6 Å². The van der Waals surface area contributed by atoms with Crippen LogP contribution in [0.3, 0.4) is 0 Å². The molecule has 5 nitrogen and oxygen atoms in total. The van der Waals surface area contributed by atoms with E-state index in [1.807, 2.05) is 24.6 Å². The van der Waals surface area contributed by atoms with Crippen LogP contribution in [0.2, 0.25) is 0 Å². The van der Waals surface area contributed by atoms with Crippen LogP contribution in [0.15, 0.2) is 18.5 Å². The molecule has 0 aromatic carbocycles. The third kappa shape index (κ3) is 2.77. The van der Waals surface area contributed by atoms with Gasteiger partial charge in [0, 0.05) is 17.8 Å². The van der Waals surface area contributed by atoms with Gasteiger partial charge in [0.25, 0.3) is 0 Å². The van der Waals surface area contributed by atoms with Crippen LogP contribution >= 0.6 is 0 Å². The second-order valence-electron chi connectivity index (χ2n) is 6.58. The van der Waals surface area contributed by atoms with Crippen LogP contribution in [0, 0.1) is 0 Å². The van der Waals surface area contributed by atoms with Gasteiger partial charge in [0.2, 0.25) is 0 Å². The fourth-order valence-electron chi connectivity index (χ4n) is 1.91. The van der Waals surface area contributed by atoms with Gasteiger partial charge in [-0.1, -0.05) is 27.7 Å². The molecule has 1 atom stereocenters. The van der Waals surface area contributed by atoms with Gasteiger partial charge in [-0.2, -0.15) is 5.10 Å². The topological polar surface area (TPSA) is 62.5 Å². The molecule has 2 heterocycles. The molecule has 0 bridgehead atoms. The molecule has 0 saturated heterocycles. The Kier molecular flexibility index (Phi) is 3.73. The van der Waals surface area contributed by atoms with Gasteiger partial charge >= 0.3 is 0 Å². The number of aromatic nitrogens is 3. The molecule has 5 heteroatoms. The summed E-state index contributed by atoms with van der Waals surface area (Å²) in [4.78, 5) is 4.40. The second-order valence-corrected chi connectivity index (χ2v) is 6.58. The van der Waals surface area contributed by atoms with E-state index in [1.54, 1.807) is 6.20 Å². The fourth-order valence-corrected chi connectivity index (χ4v) is 1.91. The quantitative estimate of drug-likeness (QED) is 0.901. The summed E-state index contributed by atoms with van der Waals surface area (Å²) in [5, 5.41) is 17.5. The molecule has 0 aliphatic rings. The number of anilines is 1. The van der Waals surface area contributed by atoms with Crippen LogP contribution in [-0.4, -0.2) is 31.9 Å². The lowest BCUT2D eigenvalue weighted by atomic mass is 9.92. The summed E-state index contributed by atoms with van der Waals surface area (Å²) >= 11 is 0. The molecule has 2 aromatic rings. The lowest BCUT2D eigenvalue weighted by Crippen LogP contribution is -2.38. The summed E-state index contributed by atoms with van der Waals surface area (Å²) in [6, 6.07) is 2.06. The number of aliphatic hydroxyl groups is 1. The highest BCUT2D eigenvalue weighted by Crippen LogP contribution is 2.26. The zero-order valence-electron chi connectivity index (χ0n) is 12.9. The van der Waals surface area contributed by atoms with E-state index in [0.29, 0.717) is 0 Å². The first kappa shape index (κ1) is 14.8. The van der Waals surface area contributed by atoms with Crippen LogP contribution < -0.4 is 5.32 Å². The third-order valence-corrected chi connectivity index (χ3v) is 3.71. The summed E-state index contributed by atoms with van der Waals surface area (Å²) in [5.41, 5.74) is 1.58. The van der Waals surface area contributed by atoms with Gasteiger partial charge in [0.05, 0.1) is 17.8 Å². The van der Waals surface area contributed by atoms with Crippen molar-refractivity contribution in [1.29, 1.82) is 0 Å². The Bertz CT molecular complexity index is 593. The predicted molar refractivity (Wildman–Crippen MR) is 81.1 cm³/mol. The molecule has 110 valence electrons. The Morgan fingerprint density at radius 3 is 2.55 bits per heavy atom. The summed E-state index contributed by atoms with van der Waals surface area (Å²) < 4.78 is 1.84. The van der Waals surface area contributed by atoms with Gasteiger partial charge in [-0.25, -0.2) is 9.50 Å². The van der Waals surface area contributed by atoms with Gasteiger partial charge in [-0.15, -0.1) is 0 Å². The van der Waals surface area contributed by atoms with Crippen molar-refractivity contribution < 1.29 is 5.11 Å². The SMILES string of the molecule is CCC(C)(CO)Nc1nccn2nc(C(C)(C)C)cc12. The average Bonchev–Trinajstić information content (AvgIpc) is 2.83. The Hall–Kier alpha value is -1.62. The number of fused-ring (bicyclic) bond motifs is 1. The lowest BCUT2D eigenvalue weighted by molar-refractivity contribution is 0.218. The van der Waals surface area contributed by atoms with Gasteiger partial charge in [-0.05, 0) is 19.4 Å². The molecule has 0 fully saturated rings. The standard InChI is InChI=1S/C15H24N4O/c1-6-15(5,10-20)17-13-11-9-12(14(2,3)4)18-19(11)8-7-16-13/h7-9,20H,6,10H2,1-5H3,(H,16,17). The van der Waals surface area contributed by atoms with E-state index < -0.39 is 0 Å². The molecule has 0 amide bonds. The highest BCUT2D eigenvalue weighted by Gasteiger charge is 2.24. The van der Waals surface area contributed by atoms with Crippen molar-refractivity contribution in [2.45, 2.75) is 52.0 Å². The maximum atomic E-state index is 9.54. The van der Waals surface area contributed by atoms with Crippen LogP contribution in [-0.2, 0) is 5.41 Å². The molecule has 0 radical (unpaired) electrons. The molecule has 2 rings (SSSR count). The fraction of sp³-hybridized carbons (Fsp3) is 0.600. The Balaban J connectivity index is 2.47. The van der Waals surface area contributed by atoms with Gasteiger partial charge in [0.15, 0.2) is 5.82 Å². The number of nitrogens with one attached hydrogen (secondary N) is 1. The maximum absolute atomic E-state index is 9.54. The van der Waals surface area contributed by atoms with Crippen LogP contribution in [0.5, 0.6) is 0 Å². The van der Waals surface area contributed by atoms with Crippen molar-refractivity contribution in [3.63, 3.8) is 0 Å². The summed E-state index contributed by atoms with van der Waals surface area (Å²) in [6.07, 6.45) is 4.38. The minimum Gasteiger partial charge on any atom is -0.394 e. The normalized spacial score (nSPS) is 15.3. The maximum Gasteiger partial charge on any atom is 0.152 e. The number of aliphatic hydroxyl groups excluding tert-OH is 1. The van der Waals surface area contributed by atoms with Gasteiger partial charge < -0.3 is 10.4 Å². The molecule has 2 N–H and O–H groups in total. The Morgan fingerprint density at radius 1 is 1.30 bits per heavy atom. The van der Waals surface area contributed by atoms with Crippen molar-refractivity contribution in [2.75, 3.05) is 11.9 Å². The molecular formula is C15H24N4O. The van der Waals surface area contributed by atoms with Crippen molar-refractivity contribution in [1.82, 2.24) is 14.6 Å². The van der Waals surface area contributed by atoms with E-state index in [1.165, 1.54) is 0 Å². The minimum absolute atomic E-state index is 0.00563. The molecular weight excluding hydrogens is 252 g/mol. The first-order valence-electron chi connectivity index (χ1n) is 7.03. The van der Waals surface area contributed by atoms with Crippen molar-refractivity contribution in [3.8, 4) is 0 Å². The summed E-state index contributed by atoms with van der Waals surface area (Å²) in [7, 11) is 0. The lowest BCUT2D eigenvalue weighted by Gasteiger charge is -2.27. The van der Waals surface area contributed by atoms with Crippen molar-refractivity contribution >= 4 is 11.3 Å². The first-order chi connectivity index (χ1) is 9.29. The van der Waals surface area contributed by atoms with E-state index in [0.717, 1.165) is 23.4 Å². The molecule has 1 unspecified atom stereocenters. The summed E-state index contributed by atoms with van der Waals surface area (Å²) in [6.45, 7) is 10.5. The van der Waals surface area contributed by atoms with Crippen LogP contribution in [0.25, 0.3) is 5.52 Å². The molecule has 0 aliphatic heterocycles. The third-order valence-electron chi connectivity index (χ3n) is 3.71. The zero-order valence-corrected chi connectivity index (χ0v) is 12.9. The highest BCUT2D eigenvalue weighted by atomic mass is 16.3. The van der Waals surface area contributed by atoms with E-state index in [2.05, 4.69) is 42.2 Å². The molecule has 0 spiro atoms. The van der Waals surface area contributed by atoms with E-state index in [9.17, 15) is 5.11 Å². The smallest absolute Gasteiger partial charge is 0.152 e. The van der Waals surface area contributed by atoms with Crippen LogP contribution in [0.4, 0.5) is 5.82 Å². The van der Waals surface area contributed by atoms with Crippen molar-refractivity contribution in [2.24, 2.45) is 0 Å². The van der Waals surface area contributed by atoms with E-state index in [4.69, 9.17) is 0 Å². The number of rotatable bonds is 4. The largest absolute Gasteiger partial charge is 0.394 e. The molecule has 2 aromatic heterocycles. The Morgan fingerprint density at radius 2 is 2.00 bits per heavy atom.